The Morgan fingerprint density at radius 3 is 2.36 bits per heavy atom. The van der Waals surface area contributed by atoms with Crippen molar-refractivity contribution in [2.45, 2.75) is 57.9 Å². The van der Waals surface area contributed by atoms with Gasteiger partial charge in [-0.15, -0.1) is 0 Å². The van der Waals surface area contributed by atoms with Gasteiger partial charge in [0.15, 0.2) is 0 Å². The average Bonchev–Trinajstić information content (AvgIpc) is 2.67. The third-order valence-corrected chi connectivity index (χ3v) is 5.98. The first kappa shape index (κ1) is 20.5. The number of hydrogen-bond donors (Lipinski definition) is 2. The zero-order chi connectivity index (χ0) is 20.1. The Labute approximate surface area is 168 Å². The Balaban J connectivity index is 1.75. The largest absolute Gasteiger partial charge is 0.495 e. The summed E-state index contributed by atoms with van der Waals surface area (Å²) in [6, 6.07) is 6.94. The lowest BCUT2D eigenvalue weighted by Gasteiger charge is -2.43. The van der Waals surface area contributed by atoms with Crippen LogP contribution in [0.15, 0.2) is 24.3 Å². The third-order valence-electron chi connectivity index (χ3n) is 5.98. The number of ether oxygens (including phenoxy) is 1. The van der Waals surface area contributed by atoms with Crippen LogP contribution in [0.4, 0.5) is 10.5 Å². The number of urea groups is 1. The minimum Gasteiger partial charge on any atom is -0.495 e. The fraction of sp³-hybridized carbons (Fsp3) is 0.636. The number of benzene rings is 1. The van der Waals surface area contributed by atoms with Gasteiger partial charge in [-0.3, -0.25) is 4.79 Å². The highest BCUT2D eigenvalue weighted by atomic mass is 16.5. The van der Waals surface area contributed by atoms with E-state index in [2.05, 4.69) is 24.5 Å². The summed E-state index contributed by atoms with van der Waals surface area (Å²) in [5, 5.41) is 5.93. The van der Waals surface area contributed by atoms with Gasteiger partial charge in [-0.05, 0) is 43.2 Å². The van der Waals surface area contributed by atoms with Crippen LogP contribution in [0, 0.1) is 11.8 Å². The number of piperidine rings is 1. The van der Waals surface area contributed by atoms with Crippen LogP contribution in [0.2, 0.25) is 0 Å². The first-order valence-electron chi connectivity index (χ1n) is 10.4. The predicted octanol–water partition coefficient (Wildman–Crippen LogP) is 4.02. The molecule has 1 aliphatic heterocycles. The fourth-order valence-electron chi connectivity index (χ4n) is 4.80. The van der Waals surface area contributed by atoms with Crippen molar-refractivity contribution in [2.24, 2.45) is 11.8 Å². The van der Waals surface area contributed by atoms with Crippen LogP contribution < -0.4 is 15.4 Å². The summed E-state index contributed by atoms with van der Waals surface area (Å²) in [6.45, 7) is 5.96. The molecule has 1 aromatic rings. The van der Waals surface area contributed by atoms with Gasteiger partial charge in [0.1, 0.15) is 11.3 Å². The normalized spacial score (nSPS) is 24.3. The number of carbonyl (C=O) groups is 2. The monoisotopic (exact) mass is 387 g/mol. The van der Waals surface area contributed by atoms with E-state index in [0.29, 0.717) is 36.1 Å². The lowest BCUT2D eigenvalue weighted by Crippen LogP contribution is -2.62. The molecule has 154 valence electrons. The number of nitrogens with one attached hydrogen (secondary N) is 2. The molecule has 0 aromatic heterocycles. The summed E-state index contributed by atoms with van der Waals surface area (Å²) >= 11 is 0. The van der Waals surface area contributed by atoms with Crippen LogP contribution in [0.5, 0.6) is 5.75 Å². The quantitative estimate of drug-likeness (QED) is 0.820. The molecular formula is C22H33N3O3. The minimum atomic E-state index is -0.804. The van der Waals surface area contributed by atoms with Crippen molar-refractivity contribution in [2.75, 3.05) is 25.5 Å². The van der Waals surface area contributed by atoms with Crippen molar-refractivity contribution in [1.29, 1.82) is 0 Å². The van der Waals surface area contributed by atoms with E-state index in [1.54, 1.807) is 19.2 Å². The van der Waals surface area contributed by atoms with Crippen molar-refractivity contribution in [3.63, 3.8) is 0 Å². The van der Waals surface area contributed by atoms with Crippen molar-refractivity contribution in [1.82, 2.24) is 10.2 Å². The van der Waals surface area contributed by atoms with Crippen molar-refractivity contribution >= 4 is 17.6 Å². The second kappa shape index (κ2) is 8.84. The molecule has 0 bridgehead atoms. The number of likely N-dealkylation sites (tertiary alicyclic amines) is 1. The highest BCUT2D eigenvalue weighted by Gasteiger charge is 2.44. The Morgan fingerprint density at radius 2 is 1.71 bits per heavy atom. The number of anilines is 1. The van der Waals surface area contributed by atoms with Crippen molar-refractivity contribution in [3.8, 4) is 5.75 Å². The lowest BCUT2D eigenvalue weighted by atomic mass is 9.79. The summed E-state index contributed by atoms with van der Waals surface area (Å²) in [5.74, 6) is 1.67. The molecule has 3 rings (SSSR count). The van der Waals surface area contributed by atoms with Gasteiger partial charge in [0.2, 0.25) is 5.91 Å². The van der Waals surface area contributed by atoms with E-state index in [0.717, 1.165) is 38.8 Å². The molecule has 28 heavy (non-hydrogen) atoms. The van der Waals surface area contributed by atoms with Gasteiger partial charge in [-0.1, -0.05) is 45.2 Å². The first-order valence-corrected chi connectivity index (χ1v) is 10.4. The van der Waals surface area contributed by atoms with Gasteiger partial charge in [-0.25, -0.2) is 4.79 Å². The van der Waals surface area contributed by atoms with Crippen LogP contribution in [0.3, 0.4) is 0 Å². The number of methoxy groups -OCH3 is 1. The van der Waals surface area contributed by atoms with Crippen LogP contribution >= 0.6 is 0 Å². The maximum absolute atomic E-state index is 13.5. The molecule has 2 fully saturated rings. The van der Waals surface area contributed by atoms with Gasteiger partial charge in [0.25, 0.3) is 0 Å². The second-order valence-electron chi connectivity index (χ2n) is 8.58. The zero-order valence-electron chi connectivity index (χ0n) is 17.3. The molecular weight excluding hydrogens is 354 g/mol. The molecule has 0 unspecified atom stereocenters. The first-order chi connectivity index (χ1) is 13.4. The topological polar surface area (TPSA) is 70.7 Å². The van der Waals surface area contributed by atoms with E-state index in [4.69, 9.17) is 4.74 Å². The highest BCUT2D eigenvalue weighted by molar-refractivity contribution is 5.97. The van der Waals surface area contributed by atoms with E-state index in [1.807, 2.05) is 17.0 Å². The second-order valence-corrected chi connectivity index (χ2v) is 8.58. The molecule has 1 heterocycles. The number of hydrogen-bond acceptors (Lipinski definition) is 3. The molecule has 1 saturated heterocycles. The molecule has 0 spiro atoms. The number of nitrogens with zero attached hydrogens (tertiary/aromatic N) is 1. The predicted molar refractivity (Wildman–Crippen MR) is 110 cm³/mol. The molecule has 1 aromatic carbocycles. The average molecular weight is 388 g/mol. The smallest absolute Gasteiger partial charge is 0.320 e. The summed E-state index contributed by atoms with van der Waals surface area (Å²) in [4.78, 5) is 28.3. The van der Waals surface area contributed by atoms with Crippen LogP contribution in [0.1, 0.15) is 52.4 Å². The molecule has 2 N–H and O–H groups in total. The van der Waals surface area contributed by atoms with E-state index in [1.165, 1.54) is 0 Å². The maximum Gasteiger partial charge on any atom is 0.320 e. The van der Waals surface area contributed by atoms with Gasteiger partial charge in [0.05, 0.1) is 12.8 Å². The van der Waals surface area contributed by atoms with Crippen LogP contribution in [-0.4, -0.2) is 42.6 Å². The number of para-hydroxylation sites is 2. The molecule has 1 saturated carbocycles. The minimum absolute atomic E-state index is 0.0841. The summed E-state index contributed by atoms with van der Waals surface area (Å²) in [5.41, 5.74) is -0.206. The van der Waals surface area contributed by atoms with Gasteiger partial charge in [-0.2, -0.15) is 0 Å². The van der Waals surface area contributed by atoms with E-state index >= 15 is 0 Å². The van der Waals surface area contributed by atoms with E-state index in [-0.39, 0.29) is 11.9 Å². The molecule has 0 radical (unpaired) electrons. The summed E-state index contributed by atoms with van der Waals surface area (Å²) < 4.78 is 5.31. The Kier molecular flexibility index (Phi) is 6.47. The fourth-order valence-corrected chi connectivity index (χ4v) is 4.80. The molecule has 6 nitrogen and oxygen atoms in total. The van der Waals surface area contributed by atoms with Gasteiger partial charge >= 0.3 is 6.03 Å². The molecule has 6 heteroatoms. The highest BCUT2D eigenvalue weighted by Crippen LogP contribution is 2.33. The van der Waals surface area contributed by atoms with Crippen molar-refractivity contribution in [3.05, 3.63) is 24.3 Å². The Morgan fingerprint density at radius 1 is 1.07 bits per heavy atom. The summed E-state index contributed by atoms with van der Waals surface area (Å²) in [7, 11) is 1.57. The Bertz CT molecular complexity index is 690. The SMILES string of the molecule is COc1ccccc1NC(=O)NC1(C(=O)N2C[C@H](C)C[C@H](C)C2)CCCCC1. The van der Waals surface area contributed by atoms with Gasteiger partial charge < -0.3 is 20.3 Å². The Hall–Kier alpha value is -2.24. The van der Waals surface area contributed by atoms with Crippen LogP contribution in [0.25, 0.3) is 0 Å². The van der Waals surface area contributed by atoms with E-state index < -0.39 is 5.54 Å². The zero-order valence-corrected chi connectivity index (χ0v) is 17.3. The molecule has 1 aliphatic carbocycles. The molecule has 2 atom stereocenters. The molecule has 3 amide bonds. The number of amides is 3. The van der Waals surface area contributed by atoms with Crippen LogP contribution in [-0.2, 0) is 4.79 Å². The number of rotatable bonds is 4. The number of carbonyl (C=O) groups excluding carboxylic acids is 2. The lowest BCUT2D eigenvalue weighted by molar-refractivity contribution is -0.142. The van der Waals surface area contributed by atoms with Crippen molar-refractivity contribution < 1.29 is 14.3 Å². The molecule has 2 aliphatic rings. The third kappa shape index (κ3) is 4.59. The standard InChI is InChI=1S/C22H33N3O3/c1-16-13-17(2)15-25(14-16)20(26)22(11-7-4-8-12-22)24-21(27)23-18-9-5-6-10-19(18)28-3/h5-6,9-10,16-17H,4,7-8,11-15H2,1-3H3,(H2,23,24,27)/t16-,17+. The summed E-state index contributed by atoms with van der Waals surface area (Å²) in [6.07, 6.45) is 5.57. The maximum atomic E-state index is 13.5. The van der Waals surface area contributed by atoms with E-state index in [9.17, 15) is 9.59 Å². The van der Waals surface area contributed by atoms with Gasteiger partial charge in [0, 0.05) is 13.1 Å².